The maximum absolute atomic E-state index is 13.9. The van der Waals surface area contributed by atoms with E-state index in [0.29, 0.717) is 11.3 Å². The Morgan fingerprint density at radius 3 is 2.76 bits per heavy atom. The molecule has 0 atom stereocenters. The molecule has 17 heavy (non-hydrogen) atoms. The van der Waals surface area contributed by atoms with Crippen LogP contribution in [-0.2, 0) is 0 Å². The summed E-state index contributed by atoms with van der Waals surface area (Å²) in [5.74, 6) is 0.231. The van der Waals surface area contributed by atoms with Gasteiger partial charge in [-0.3, -0.25) is 0 Å². The van der Waals surface area contributed by atoms with Gasteiger partial charge in [-0.2, -0.15) is 0 Å². The van der Waals surface area contributed by atoms with Crippen LogP contribution in [0.1, 0.15) is 0 Å². The molecular formula is C14H12FOS. The Balaban J connectivity index is 2.53. The first kappa shape index (κ1) is 12.0. The molecule has 0 bridgehead atoms. The van der Waals surface area contributed by atoms with Gasteiger partial charge in [0.1, 0.15) is 11.6 Å². The summed E-state index contributed by atoms with van der Waals surface area (Å²) in [4.78, 5) is 1.01. The van der Waals surface area contributed by atoms with Crippen molar-refractivity contribution in [1.82, 2.24) is 0 Å². The zero-order valence-electron chi connectivity index (χ0n) is 9.66. The quantitative estimate of drug-likeness (QED) is 0.757. The highest BCUT2D eigenvalue weighted by molar-refractivity contribution is 7.98. The molecule has 2 aromatic rings. The minimum atomic E-state index is -0.290. The fourth-order valence-electron chi connectivity index (χ4n) is 1.63. The predicted octanol–water partition coefficient (Wildman–Crippen LogP) is 4.02. The smallest absolute Gasteiger partial charge is 0.134 e. The van der Waals surface area contributed by atoms with Crippen molar-refractivity contribution in [2.45, 2.75) is 4.90 Å². The topological polar surface area (TPSA) is 9.23 Å². The second-order valence-electron chi connectivity index (χ2n) is 3.46. The monoisotopic (exact) mass is 247 g/mol. The number of methoxy groups -OCH3 is 1. The maximum atomic E-state index is 13.9. The van der Waals surface area contributed by atoms with Crippen LogP contribution in [0, 0.1) is 11.9 Å². The van der Waals surface area contributed by atoms with Gasteiger partial charge in [-0.05, 0) is 30.5 Å². The second-order valence-corrected chi connectivity index (χ2v) is 4.31. The van der Waals surface area contributed by atoms with Crippen molar-refractivity contribution >= 4 is 11.8 Å². The van der Waals surface area contributed by atoms with E-state index in [0.717, 1.165) is 10.5 Å². The molecule has 0 spiro atoms. The molecule has 1 radical (unpaired) electrons. The van der Waals surface area contributed by atoms with Gasteiger partial charge in [0.05, 0.1) is 7.11 Å². The first-order valence-electron chi connectivity index (χ1n) is 5.15. The summed E-state index contributed by atoms with van der Waals surface area (Å²) < 4.78 is 18.9. The fourth-order valence-corrected chi connectivity index (χ4v) is 2.22. The highest BCUT2D eigenvalue weighted by Gasteiger charge is 2.10. The highest BCUT2D eigenvalue weighted by Crippen LogP contribution is 2.32. The first-order valence-corrected chi connectivity index (χ1v) is 6.37. The van der Waals surface area contributed by atoms with Gasteiger partial charge in [-0.25, -0.2) is 4.39 Å². The second kappa shape index (κ2) is 5.23. The van der Waals surface area contributed by atoms with Crippen LogP contribution in [0.4, 0.5) is 4.39 Å². The molecule has 87 valence electrons. The summed E-state index contributed by atoms with van der Waals surface area (Å²) >= 11 is 1.58. The van der Waals surface area contributed by atoms with E-state index < -0.39 is 0 Å². The first-order chi connectivity index (χ1) is 8.26. The number of ether oxygens (including phenoxy) is 1. The Kier molecular flexibility index (Phi) is 3.69. The lowest BCUT2D eigenvalue weighted by Gasteiger charge is -2.09. The van der Waals surface area contributed by atoms with Gasteiger partial charge < -0.3 is 4.74 Å². The lowest BCUT2D eigenvalue weighted by molar-refractivity contribution is 0.411. The minimum Gasteiger partial charge on any atom is -0.497 e. The zero-order valence-corrected chi connectivity index (χ0v) is 10.5. The third-order valence-electron chi connectivity index (χ3n) is 2.48. The third kappa shape index (κ3) is 2.44. The molecule has 0 saturated carbocycles. The number of hydrogen-bond donors (Lipinski definition) is 0. The van der Waals surface area contributed by atoms with Crippen molar-refractivity contribution in [3.8, 4) is 16.9 Å². The zero-order chi connectivity index (χ0) is 12.3. The summed E-state index contributed by atoms with van der Waals surface area (Å²) in [5.41, 5.74) is 1.34. The summed E-state index contributed by atoms with van der Waals surface area (Å²) in [6.07, 6.45) is 1.97. The molecule has 2 aromatic carbocycles. The molecule has 0 aromatic heterocycles. The van der Waals surface area contributed by atoms with Crippen LogP contribution in [0.5, 0.6) is 5.75 Å². The summed E-state index contributed by atoms with van der Waals surface area (Å²) in [6.45, 7) is 0. The van der Waals surface area contributed by atoms with E-state index in [9.17, 15) is 4.39 Å². The van der Waals surface area contributed by atoms with E-state index in [4.69, 9.17) is 4.74 Å². The van der Waals surface area contributed by atoms with Crippen LogP contribution in [0.2, 0.25) is 0 Å². The lowest BCUT2D eigenvalue weighted by Crippen LogP contribution is -1.89. The Morgan fingerprint density at radius 2 is 2.12 bits per heavy atom. The molecule has 0 saturated heterocycles. The fraction of sp³-hybridized carbons (Fsp3) is 0.143. The normalized spacial score (nSPS) is 10.3. The number of benzene rings is 2. The van der Waals surface area contributed by atoms with Crippen molar-refractivity contribution in [3.63, 3.8) is 0 Å². The standard InChI is InChI=1S/C14H12FOS/c1-16-10-7-8-11(13(15)9-10)12-5-3-4-6-14(12)17-2/h3-4,6-9H,1-2H3. The van der Waals surface area contributed by atoms with Gasteiger partial charge in [0, 0.05) is 22.1 Å². The summed E-state index contributed by atoms with van der Waals surface area (Å²) in [7, 11) is 1.52. The van der Waals surface area contributed by atoms with Crippen molar-refractivity contribution in [3.05, 3.63) is 48.3 Å². The molecule has 1 nitrogen and oxygen atoms in total. The van der Waals surface area contributed by atoms with Gasteiger partial charge in [-0.15, -0.1) is 11.8 Å². The van der Waals surface area contributed by atoms with E-state index in [1.807, 2.05) is 18.4 Å². The van der Waals surface area contributed by atoms with Crippen molar-refractivity contribution in [2.24, 2.45) is 0 Å². The van der Waals surface area contributed by atoms with Crippen LogP contribution in [-0.4, -0.2) is 13.4 Å². The van der Waals surface area contributed by atoms with E-state index in [1.54, 1.807) is 30.0 Å². The molecule has 0 N–H and O–H groups in total. The largest absolute Gasteiger partial charge is 0.497 e. The molecule has 0 aliphatic carbocycles. The van der Waals surface area contributed by atoms with Crippen molar-refractivity contribution < 1.29 is 9.13 Å². The average molecular weight is 247 g/mol. The van der Waals surface area contributed by atoms with Crippen LogP contribution >= 0.6 is 11.8 Å². The number of rotatable bonds is 3. The SMILES string of the molecule is COc1ccc(-c2[c]cccc2SC)c(F)c1. The molecule has 0 aliphatic heterocycles. The molecule has 0 unspecified atom stereocenters. The Bertz CT molecular complexity index is 525. The van der Waals surface area contributed by atoms with Crippen molar-refractivity contribution in [1.29, 1.82) is 0 Å². The number of halogens is 1. The molecule has 0 fully saturated rings. The van der Waals surface area contributed by atoms with Gasteiger partial charge in [-0.1, -0.05) is 12.1 Å². The summed E-state index contributed by atoms with van der Waals surface area (Å²) in [5, 5.41) is 0. The molecule has 2 rings (SSSR count). The van der Waals surface area contributed by atoms with Crippen LogP contribution in [0.25, 0.3) is 11.1 Å². The van der Waals surface area contributed by atoms with E-state index in [-0.39, 0.29) is 5.82 Å². The molecule has 0 amide bonds. The average Bonchev–Trinajstić information content (AvgIpc) is 2.38. The maximum Gasteiger partial charge on any atom is 0.134 e. The van der Waals surface area contributed by atoms with E-state index >= 15 is 0 Å². The van der Waals surface area contributed by atoms with Crippen LogP contribution in [0.3, 0.4) is 0 Å². The molecule has 3 heteroatoms. The predicted molar refractivity (Wildman–Crippen MR) is 69.0 cm³/mol. The molecule has 0 heterocycles. The van der Waals surface area contributed by atoms with Crippen LogP contribution in [0.15, 0.2) is 41.3 Å². The Labute approximate surface area is 105 Å². The number of thioether (sulfide) groups is 1. The van der Waals surface area contributed by atoms with E-state index in [2.05, 4.69) is 6.07 Å². The van der Waals surface area contributed by atoms with Gasteiger partial charge in [0.2, 0.25) is 0 Å². The lowest BCUT2D eigenvalue weighted by atomic mass is 10.1. The van der Waals surface area contributed by atoms with Crippen molar-refractivity contribution in [2.75, 3.05) is 13.4 Å². The van der Waals surface area contributed by atoms with Gasteiger partial charge >= 0.3 is 0 Å². The third-order valence-corrected chi connectivity index (χ3v) is 3.26. The molecule has 0 aliphatic rings. The van der Waals surface area contributed by atoms with Crippen LogP contribution < -0.4 is 4.74 Å². The highest BCUT2D eigenvalue weighted by atomic mass is 32.2. The Morgan fingerprint density at radius 1 is 1.29 bits per heavy atom. The van der Waals surface area contributed by atoms with Gasteiger partial charge in [0.25, 0.3) is 0 Å². The molecular weight excluding hydrogens is 235 g/mol. The van der Waals surface area contributed by atoms with Gasteiger partial charge in [0.15, 0.2) is 0 Å². The summed E-state index contributed by atoms with van der Waals surface area (Å²) in [6, 6.07) is 13.6. The van der Waals surface area contributed by atoms with E-state index in [1.165, 1.54) is 13.2 Å². The minimum absolute atomic E-state index is 0.290. The Hall–Kier alpha value is -1.48. The number of hydrogen-bond acceptors (Lipinski definition) is 2.